The number of hydrogen-bond acceptors (Lipinski definition) is 6. The second-order valence-corrected chi connectivity index (χ2v) is 17.9. The predicted octanol–water partition coefficient (Wildman–Crippen LogP) is 7.01. The molecule has 224 valence electrons. The van der Waals surface area contributed by atoms with Crippen LogP contribution in [0.1, 0.15) is 45.9 Å². The number of allylic oxidation sites excluding steroid dienone is 5. The Morgan fingerprint density at radius 2 is 1.80 bits per heavy atom. The Morgan fingerprint density at radius 3 is 2.34 bits per heavy atom. The molecule has 9 heteroatoms. The molecule has 8 nitrogen and oxygen atoms in total. The van der Waals surface area contributed by atoms with Gasteiger partial charge in [-0.1, -0.05) is 74.3 Å². The summed E-state index contributed by atoms with van der Waals surface area (Å²) >= 11 is 0. The number of aromatic nitrogens is 2. The van der Waals surface area contributed by atoms with Gasteiger partial charge in [0.2, 0.25) is 0 Å². The SMILES string of the molecule is C=C(C)C=CC(=CC)c1cn(COCC[Si](C)(C)C)c(-c2ccc(CC(NC(=O)OC(C)(C)C)C(=O)OC)cc2)n1. The maximum Gasteiger partial charge on any atom is 0.408 e. The Hall–Kier alpha value is -3.43. The summed E-state index contributed by atoms with van der Waals surface area (Å²) in [5, 5.41) is 2.62. The molecule has 1 atom stereocenters. The molecule has 0 saturated carbocycles. The van der Waals surface area contributed by atoms with Crippen LogP contribution in [0, 0.1) is 0 Å². The van der Waals surface area contributed by atoms with Crippen LogP contribution in [0.25, 0.3) is 17.0 Å². The fraction of sp³-hybridized carbons (Fsp3) is 0.469. The van der Waals surface area contributed by atoms with Crippen molar-refractivity contribution in [2.75, 3.05) is 13.7 Å². The third-order valence-electron chi connectivity index (χ3n) is 5.99. The molecule has 0 aliphatic heterocycles. The van der Waals surface area contributed by atoms with Gasteiger partial charge in [-0.25, -0.2) is 14.6 Å². The molecule has 1 amide bonds. The number of carbonyl (C=O) groups is 2. The van der Waals surface area contributed by atoms with Gasteiger partial charge >= 0.3 is 12.1 Å². The van der Waals surface area contributed by atoms with Crippen molar-refractivity contribution >= 4 is 25.7 Å². The van der Waals surface area contributed by atoms with E-state index in [0.29, 0.717) is 13.3 Å². The second-order valence-electron chi connectivity index (χ2n) is 12.3. The van der Waals surface area contributed by atoms with Crippen LogP contribution in [0.3, 0.4) is 0 Å². The molecule has 0 fully saturated rings. The second kappa shape index (κ2) is 15.0. The van der Waals surface area contributed by atoms with Crippen molar-refractivity contribution in [1.82, 2.24) is 14.9 Å². The smallest absolute Gasteiger partial charge is 0.408 e. The number of hydrogen-bond donors (Lipinski definition) is 1. The fourth-order valence-corrected chi connectivity index (χ4v) is 4.55. The first-order valence-corrected chi connectivity index (χ1v) is 17.6. The lowest BCUT2D eigenvalue weighted by molar-refractivity contribution is -0.143. The highest BCUT2D eigenvalue weighted by Gasteiger charge is 2.25. The summed E-state index contributed by atoms with van der Waals surface area (Å²) in [6.45, 7) is 21.3. The van der Waals surface area contributed by atoms with Crippen LogP contribution >= 0.6 is 0 Å². The van der Waals surface area contributed by atoms with Crippen molar-refractivity contribution in [3.05, 3.63) is 72.1 Å². The van der Waals surface area contributed by atoms with Gasteiger partial charge in [0.25, 0.3) is 0 Å². The van der Waals surface area contributed by atoms with Gasteiger partial charge in [-0.05, 0) is 51.8 Å². The highest BCUT2D eigenvalue weighted by atomic mass is 28.3. The molecule has 0 aliphatic rings. The monoisotopic (exact) mass is 581 g/mol. The third kappa shape index (κ3) is 11.9. The molecular formula is C32H47N3O5Si. The van der Waals surface area contributed by atoms with Crippen LogP contribution in [0.15, 0.2) is 60.8 Å². The van der Waals surface area contributed by atoms with Gasteiger partial charge in [0.05, 0.1) is 12.8 Å². The minimum absolute atomic E-state index is 0.250. The highest BCUT2D eigenvalue weighted by molar-refractivity contribution is 6.76. The number of rotatable bonds is 13. The summed E-state index contributed by atoms with van der Waals surface area (Å²) in [6.07, 6.45) is 7.59. The Labute approximate surface area is 246 Å². The molecule has 0 bridgehead atoms. The van der Waals surface area contributed by atoms with Crippen molar-refractivity contribution in [3.8, 4) is 11.4 Å². The van der Waals surface area contributed by atoms with E-state index in [4.69, 9.17) is 19.2 Å². The molecule has 0 saturated heterocycles. The summed E-state index contributed by atoms with van der Waals surface area (Å²) in [5.41, 5.74) is 3.86. The molecule has 0 spiro atoms. The van der Waals surface area contributed by atoms with Gasteiger partial charge in [-0.15, -0.1) is 0 Å². The summed E-state index contributed by atoms with van der Waals surface area (Å²) < 4.78 is 18.3. The van der Waals surface area contributed by atoms with E-state index >= 15 is 0 Å². The van der Waals surface area contributed by atoms with E-state index in [9.17, 15) is 9.59 Å². The van der Waals surface area contributed by atoms with Crippen LogP contribution in [0.5, 0.6) is 0 Å². The van der Waals surface area contributed by atoms with Gasteiger partial charge in [0.15, 0.2) is 0 Å². The zero-order chi connectivity index (χ0) is 30.8. The number of carbonyl (C=O) groups excluding carboxylic acids is 2. The van der Waals surface area contributed by atoms with Crippen molar-refractivity contribution in [2.45, 2.75) is 85.1 Å². The summed E-state index contributed by atoms with van der Waals surface area (Å²) in [7, 11) is 0.0850. The predicted molar refractivity (Wildman–Crippen MR) is 168 cm³/mol. The van der Waals surface area contributed by atoms with Crippen LogP contribution in [-0.2, 0) is 32.2 Å². The maximum absolute atomic E-state index is 12.4. The Kier molecular flexibility index (Phi) is 12.3. The zero-order valence-electron chi connectivity index (χ0n) is 26.2. The van der Waals surface area contributed by atoms with Crippen molar-refractivity contribution in [2.24, 2.45) is 0 Å². The first-order chi connectivity index (χ1) is 19.1. The van der Waals surface area contributed by atoms with Crippen LogP contribution < -0.4 is 5.32 Å². The number of alkyl carbamates (subject to hydrolysis) is 1. The summed E-state index contributed by atoms with van der Waals surface area (Å²) in [5.74, 6) is 0.233. The van der Waals surface area contributed by atoms with Gasteiger partial charge in [-0.3, -0.25) is 0 Å². The average molecular weight is 582 g/mol. The lowest BCUT2D eigenvalue weighted by atomic mass is 10.0. The molecule has 1 N–H and O–H groups in total. The van der Waals surface area contributed by atoms with E-state index in [2.05, 4.69) is 31.5 Å². The number of imidazole rings is 1. The molecule has 2 aromatic rings. The number of amides is 1. The van der Waals surface area contributed by atoms with Crippen LogP contribution in [-0.4, -0.2) is 55.0 Å². The van der Waals surface area contributed by atoms with E-state index in [1.165, 1.54) is 7.11 Å². The van der Waals surface area contributed by atoms with Crippen LogP contribution in [0.4, 0.5) is 4.79 Å². The minimum atomic E-state index is -1.21. The first-order valence-electron chi connectivity index (χ1n) is 13.9. The maximum atomic E-state index is 12.4. The quantitative estimate of drug-likeness (QED) is 0.118. The number of nitrogens with zero attached hydrogens (tertiary/aromatic N) is 2. The molecule has 0 radical (unpaired) electrons. The summed E-state index contributed by atoms with van der Waals surface area (Å²) in [6, 6.07) is 7.96. The molecule has 2 rings (SSSR count). The highest BCUT2D eigenvalue weighted by Crippen LogP contribution is 2.25. The molecule has 1 heterocycles. The summed E-state index contributed by atoms with van der Waals surface area (Å²) in [4.78, 5) is 29.7. The Bertz CT molecular complexity index is 1250. The van der Waals surface area contributed by atoms with E-state index in [0.717, 1.165) is 39.8 Å². The molecule has 1 aromatic carbocycles. The number of methoxy groups -OCH3 is 1. The Balaban J connectivity index is 2.32. The number of nitrogens with one attached hydrogen (secondary N) is 1. The molecule has 0 aliphatic carbocycles. The van der Waals surface area contributed by atoms with E-state index in [1.54, 1.807) is 20.8 Å². The Morgan fingerprint density at radius 1 is 1.15 bits per heavy atom. The average Bonchev–Trinajstić information content (AvgIpc) is 3.28. The zero-order valence-corrected chi connectivity index (χ0v) is 27.2. The fourth-order valence-electron chi connectivity index (χ4n) is 3.80. The molecule has 1 aromatic heterocycles. The molecular weight excluding hydrogens is 534 g/mol. The van der Waals surface area contributed by atoms with Gasteiger partial charge < -0.3 is 24.1 Å². The van der Waals surface area contributed by atoms with Crippen molar-refractivity contribution in [1.29, 1.82) is 0 Å². The minimum Gasteiger partial charge on any atom is -0.467 e. The number of benzene rings is 1. The van der Waals surface area contributed by atoms with Crippen molar-refractivity contribution in [3.63, 3.8) is 0 Å². The van der Waals surface area contributed by atoms with Crippen molar-refractivity contribution < 1.29 is 23.8 Å². The largest absolute Gasteiger partial charge is 0.467 e. The lowest BCUT2D eigenvalue weighted by Crippen LogP contribution is -2.45. The van der Waals surface area contributed by atoms with E-state index < -0.39 is 31.8 Å². The third-order valence-corrected chi connectivity index (χ3v) is 7.69. The molecule has 1 unspecified atom stereocenters. The number of ether oxygens (including phenoxy) is 3. The standard InChI is InChI=1S/C32H47N3O5Si/c1-11-25(15-12-23(2)3)28-21-35(22-39-18-19-41(8,9)10)29(33-28)26-16-13-24(14-17-26)20-27(30(36)38-7)34-31(37)40-32(4,5)6/h11-17,21,27H,2,18-20,22H2,1,3-10H3,(H,34,37). The van der Waals surface area contributed by atoms with Gasteiger partial charge in [0, 0.05) is 32.9 Å². The normalized spacial score (nSPS) is 13.2. The van der Waals surface area contributed by atoms with Crippen LogP contribution in [0.2, 0.25) is 25.7 Å². The first kappa shape index (κ1) is 33.8. The van der Waals surface area contributed by atoms with E-state index in [1.807, 2.05) is 67.1 Å². The topological polar surface area (TPSA) is 91.7 Å². The lowest BCUT2D eigenvalue weighted by Gasteiger charge is -2.22. The molecule has 41 heavy (non-hydrogen) atoms. The number of esters is 1. The van der Waals surface area contributed by atoms with E-state index in [-0.39, 0.29) is 6.42 Å². The van der Waals surface area contributed by atoms with Gasteiger partial charge in [0.1, 0.15) is 24.2 Å². The van der Waals surface area contributed by atoms with Gasteiger partial charge in [-0.2, -0.15) is 0 Å².